The Labute approximate surface area is 189 Å². The maximum absolute atomic E-state index is 12.7. The Balaban J connectivity index is 1.46. The molecule has 5 rings (SSSR count). The smallest absolute Gasteiger partial charge is 0.410 e. The highest BCUT2D eigenvalue weighted by molar-refractivity contribution is 7.13. The van der Waals surface area contributed by atoms with Crippen LogP contribution in [0.15, 0.2) is 28.1 Å². The fourth-order valence-corrected chi connectivity index (χ4v) is 5.14. The summed E-state index contributed by atoms with van der Waals surface area (Å²) in [4.78, 5) is 37.6. The number of ether oxygens (including phenoxy) is 1. The number of nitrogens with two attached hydrogens (primary N) is 1. The van der Waals surface area contributed by atoms with E-state index in [2.05, 4.69) is 14.9 Å². The number of aromatic nitrogens is 2. The van der Waals surface area contributed by atoms with Gasteiger partial charge < -0.3 is 19.8 Å². The average Bonchev–Trinajstić information content (AvgIpc) is 3.43. The number of amides is 2. The van der Waals surface area contributed by atoms with E-state index in [1.807, 2.05) is 31.1 Å². The Morgan fingerprint density at radius 3 is 2.53 bits per heavy atom. The van der Waals surface area contributed by atoms with Crippen molar-refractivity contribution in [1.82, 2.24) is 14.9 Å². The zero-order valence-corrected chi connectivity index (χ0v) is 19.0. The van der Waals surface area contributed by atoms with E-state index in [1.54, 1.807) is 18.3 Å². The summed E-state index contributed by atoms with van der Waals surface area (Å²) < 4.78 is 11.8. The van der Waals surface area contributed by atoms with Gasteiger partial charge in [-0.2, -0.15) is 4.98 Å². The lowest BCUT2D eigenvalue weighted by Gasteiger charge is -2.40. The highest BCUT2D eigenvalue weighted by Gasteiger charge is 2.45. The lowest BCUT2D eigenvalue weighted by Crippen LogP contribution is -2.56. The second kappa shape index (κ2) is 7.47. The summed E-state index contributed by atoms with van der Waals surface area (Å²) in [6.45, 7) is 6.85. The van der Waals surface area contributed by atoms with Crippen molar-refractivity contribution < 1.29 is 18.7 Å². The molecule has 10 heteroatoms. The van der Waals surface area contributed by atoms with Crippen LogP contribution in [-0.4, -0.2) is 57.6 Å². The second-order valence-electron chi connectivity index (χ2n) is 9.25. The van der Waals surface area contributed by atoms with E-state index >= 15 is 0 Å². The number of rotatable bonds is 3. The second-order valence-corrected chi connectivity index (χ2v) is 10.1. The SMILES string of the molecule is CC(C)(C)OC(=O)N1C2CCC1CN(c1nc3cc(C(N)=O)cc(-c4nccs4)c3o1)C2. The maximum Gasteiger partial charge on any atom is 0.410 e. The van der Waals surface area contributed by atoms with E-state index in [9.17, 15) is 9.59 Å². The van der Waals surface area contributed by atoms with Gasteiger partial charge in [-0.3, -0.25) is 9.69 Å². The largest absolute Gasteiger partial charge is 0.444 e. The molecule has 168 valence electrons. The first-order valence-corrected chi connectivity index (χ1v) is 11.5. The number of oxazole rings is 1. The number of anilines is 1. The third kappa shape index (κ3) is 3.68. The molecule has 2 aliphatic heterocycles. The highest BCUT2D eigenvalue weighted by atomic mass is 32.1. The van der Waals surface area contributed by atoms with Crippen molar-refractivity contribution in [3.05, 3.63) is 29.3 Å². The first-order chi connectivity index (χ1) is 15.2. The van der Waals surface area contributed by atoms with Crippen molar-refractivity contribution in [1.29, 1.82) is 0 Å². The minimum atomic E-state index is -0.529. The predicted octanol–water partition coefficient (Wildman–Crippen LogP) is 3.64. The summed E-state index contributed by atoms with van der Waals surface area (Å²) in [5.41, 5.74) is 7.19. The molecule has 2 saturated heterocycles. The van der Waals surface area contributed by atoms with Crippen LogP contribution in [0, 0.1) is 0 Å². The Bertz CT molecular complexity index is 1170. The fourth-order valence-electron chi connectivity index (χ4n) is 4.49. The average molecular weight is 456 g/mol. The molecule has 2 aliphatic rings. The Hall–Kier alpha value is -3.14. The van der Waals surface area contributed by atoms with Crippen molar-refractivity contribution in [2.75, 3.05) is 18.0 Å². The van der Waals surface area contributed by atoms with E-state index in [-0.39, 0.29) is 18.2 Å². The molecule has 32 heavy (non-hydrogen) atoms. The summed E-state index contributed by atoms with van der Waals surface area (Å²) in [7, 11) is 0. The third-order valence-electron chi connectivity index (χ3n) is 5.78. The van der Waals surface area contributed by atoms with Gasteiger partial charge in [-0.15, -0.1) is 11.3 Å². The first-order valence-electron chi connectivity index (χ1n) is 10.6. The molecule has 2 fully saturated rings. The molecule has 3 aromatic rings. The molecule has 4 heterocycles. The van der Waals surface area contributed by atoms with Crippen LogP contribution in [0.5, 0.6) is 0 Å². The molecule has 0 saturated carbocycles. The van der Waals surface area contributed by atoms with Gasteiger partial charge in [0, 0.05) is 30.2 Å². The number of benzene rings is 1. The van der Waals surface area contributed by atoms with Crippen LogP contribution in [0.2, 0.25) is 0 Å². The van der Waals surface area contributed by atoms with Gasteiger partial charge in [-0.25, -0.2) is 9.78 Å². The Kier molecular flexibility index (Phi) is 4.85. The van der Waals surface area contributed by atoms with Crippen molar-refractivity contribution in [2.45, 2.75) is 51.3 Å². The lowest BCUT2D eigenvalue weighted by molar-refractivity contribution is 0.0120. The van der Waals surface area contributed by atoms with Crippen molar-refractivity contribution in [2.24, 2.45) is 5.73 Å². The third-order valence-corrected chi connectivity index (χ3v) is 6.59. The fraction of sp³-hybridized carbons (Fsp3) is 0.455. The molecule has 2 amide bonds. The Morgan fingerprint density at radius 2 is 1.94 bits per heavy atom. The molecular formula is C22H25N5O4S. The van der Waals surface area contributed by atoms with Gasteiger partial charge in [0.2, 0.25) is 5.91 Å². The van der Waals surface area contributed by atoms with Crippen LogP contribution < -0.4 is 10.6 Å². The van der Waals surface area contributed by atoms with Crippen LogP contribution in [0.3, 0.4) is 0 Å². The summed E-state index contributed by atoms with van der Waals surface area (Å²) in [5, 5.41) is 2.60. The molecular weight excluding hydrogens is 430 g/mol. The molecule has 2 N–H and O–H groups in total. The molecule has 9 nitrogen and oxygen atoms in total. The van der Waals surface area contributed by atoms with Gasteiger partial charge in [0.05, 0.1) is 17.6 Å². The van der Waals surface area contributed by atoms with Gasteiger partial charge in [0.1, 0.15) is 16.1 Å². The number of piperazine rings is 1. The normalized spacial score (nSPS) is 20.7. The number of carbonyl (C=O) groups excluding carboxylic acids is 2. The van der Waals surface area contributed by atoms with Gasteiger partial charge in [0.25, 0.3) is 6.01 Å². The molecule has 2 unspecified atom stereocenters. The Morgan fingerprint density at radius 1 is 1.22 bits per heavy atom. The van der Waals surface area contributed by atoms with E-state index < -0.39 is 11.5 Å². The number of carbonyl (C=O) groups is 2. The molecule has 0 radical (unpaired) electrons. The number of hydrogen-bond donors (Lipinski definition) is 1. The molecule has 2 bridgehead atoms. The predicted molar refractivity (Wildman–Crippen MR) is 121 cm³/mol. The number of thiazole rings is 1. The van der Waals surface area contributed by atoms with Crippen LogP contribution in [-0.2, 0) is 4.74 Å². The minimum Gasteiger partial charge on any atom is -0.444 e. The lowest BCUT2D eigenvalue weighted by atomic mass is 10.1. The van der Waals surface area contributed by atoms with Gasteiger partial charge in [-0.05, 0) is 45.7 Å². The van der Waals surface area contributed by atoms with Crippen molar-refractivity contribution in [3.8, 4) is 10.6 Å². The molecule has 2 aromatic heterocycles. The summed E-state index contributed by atoms with van der Waals surface area (Å²) >= 11 is 1.45. The van der Waals surface area contributed by atoms with Gasteiger partial charge >= 0.3 is 6.09 Å². The van der Waals surface area contributed by atoms with E-state index in [0.29, 0.717) is 41.3 Å². The molecule has 0 spiro atoms. The molecule has 2 atom stereocenters. The molecule has 0 aliphatic carbocycles. The zero-order valence-electron chi connectivity index (χ0n) is 18.2. The monoisotopic (exact) mass is 455 g/mol. The topological polar surface area (TPSA) is 115 Å². The number of hydrogen-bond acceptors (Lipinski definition) is 8. The number of fused-ring (bicyclic) bond motifs is 3. The quantitative estimate of drug-likeness (QED) is 0.641. The van der Waals surface area contributed by atoms with Crippen LogP contribution >= 0.6 is 11.3 Å². The van der Waals surface area contributed by atoms with Crippen molar-refractivity contribution in [3.63, 3.8) is 0 Å². The van der Waals surface area contributed by atoms with Gasteiger partial charge in [0.15, 0.2) is 5.58 Å². The van der Waals surface area contributed by atoms with Crippen LogP contribution in [0.4, 0.5) is 10.8 Å². The number of nitrogens with zero attached hydrogens (tertiary/aromatic N) is 4. The summed E-state index contributed by atoms with van der Waals surface area (Å²) in [6.07, 6.45) is 3.26. The summed E-state index contributed by atoms with van der Waals surface area (Å²) in [6, 6.07) is 3.90. The van der Waals surface area contributed by atoms with E-state index in [4.69, 9.17) is 14.9 Å². The van der Waals surface area contributed by atoms with Crippen LogP contribution in [0.25, 0.3) is 21.7 Å². The standard InChI is InChI=1S/C22H25N5O4S/c1-22(2,3)31-21(29)27-13-4-5-14(27)11-26(10-13)20-25-16-9-12(18(23)28)8-15(17(16)30-20)19-24-6-7-32-19/h6-9,13-14H,4-5,10-11H2,1-3H3,(H2,23,28). The maximum atomic E-state index is 12.7. The number of primary amides is 1. The first kappa shape index (κ1) is 20.7. The minimum absolute atomic E-state index is 0.0400. The van der Waals surface area contributed by atoms with Crippen molar-refractivity contribution >= 4 is 40.5 Å². The van der Waals surface area contributed by atoms with Gasteiger partial charge in [-0.1, -0.05) is 0 Å². The van der Waals surface area contributed by atoms with E-state index in [0.717, 1.165) is 17.8 Å². The van der Waals surface area contributed by atoms with E-state index in [1.165, 1.54) is 11.3 Å². The van der Waals surface area contributed by atoms with Crippen LogP contribution in [0.1, 0.15) is 44.0 Å². The summed E-state index contributed by atoms with van der Waals surface area (Å²) in [5.74, 6) is -0.529. The highest BCUT2D eigenvalue weighted by Crippen LogP contribution is 2.37. The molecule has 1 aromatic carbocycles. The zero-order chi connectivity index (χ0) is 22.6.